The summed E-state index contributed by atoms with van der Waals surface area (Å²) in [4.78, 5) is 0.213. The van der Waals surface area contributed by atoms with Gasteiger partial charge in [0.05, 0.1) is 9.79 Å². The third-order valence-electron chi connectivity index (χ3n) is 5.31. The number of hydrogen-bond donors (Lipinski definition) is 2. The van der Waals surface area contributed by atoms with Crippen molar-refractivity contribution in [1.82, 2.24) is 4.72 Å². The molecule has 2 aromatic carbocycles. The second-order valence-electron chi connectivity index (χ2n) is 7.36. The first-order valence-corrected chi connectivity index (χ1v) is 12.4. The Morgan fingerprint density at radius 2 is 1.39 bits per heavy atom. The Labute approximate surface area is 167 Å². The van der Waals surface area contributed by atoms with E-state index in [4.69, 9.17) is 5.14 Å². The zero-order chi connectivity index (χ0) is 20.4. The Kier molecular flexibility index (Phi) is 6.24. The zero-order valence-corrected chi connectivity index (χ0v) is 17.5. The summed E-state index contributed by atoms with van der Waals surface area (Å²) in [5.74, 6) is 0.523. The molecular weight excluding hydrogens is 396 g/mol. The summed E-state index contributed by atoms with van der Waals surface area (Å²) in [6.45, 7) is 1.71. The standard InChI is InChI=1S/C20H26N2O4S2/c1-15(16-7-11-19(12-8-16)27(21,23)24)22-28(25,26)20-13-9-18(10-14-20)17-5-3-2-4-6-17/h7-15,17,22H,2-6H2,1H3,(H2,21,23,24)/t15-/m1/s1. The molecule has 8 heteroatoms. The lowest BCUT2D eigenvalue weighted by Gasteiger charge is -2.22. The molecule has 3 N–H and O–H groups in total. The van der Waals surface area contributed by atoms with Crippen LogP contribution in [0.5, 0.6) is 0 Å². The third-order valence-corrected chi connectivity index (χ3v) is 7.79. The SMILES string of the molecule is C[C@@H](NS(=O)(=O)c1ccc(C2CCCCC2)cc1)c1ccc(S(N)(=O)=O)cc1. The van der Waals surface area contributed by atoms with Gasteiger partial charge in [-0.3, -0.25) is 0 Å². The molecule has 0 aliphatic heterocycles. The number of nitrogens with two attached hydrogens (primary N) is 1. The van der Waals surface area contributed by atoms with Crippen molar-refractivity contribution in [2.45, 2.75) is 60.8 Å². The summed E-state index contributed by atoms with van der Waals surface area (Å²) in [5.41, 5.74) is 1.85. The normalized spacial score (nSPS) is 17.4. The van der Waals surface area contributed by atoms with Crippen LogP contribution in [0.15, 0.2) is 58.3 Å². The van der Waals surface area contributed by atoms with Gasteiger partial charge in [0.15, 0.2) is 0 Å². The maximum atomic E-state index is 12.7. The van der Waals surface area contributed by atoms with E-state index in [0.717, 1.165) is 12.8 Å². The molecule has 2 aromatic rings. The molecule has 1 aliphatic carbocycles. The molecular formula is C20H26N2O4S2. The van der Waals surface area contributed by atoms with Gasteiger partial charge in [0.1, 0.15) is 0 Å². The van der Waals surface area contributed by atoms with E-state index in [1.54, 1.807) is 31.2 Å². The van der Waals surface area contributed by atoms with Gasteiger partial charge >= 0.3 is 0 Å². The van der Waals surface area contributed by atoms with Gasteiger partial charge < -0.3 is 0 Å². The summed E-state index contributed by atoms with van der Waals surface area (Å²) in [6.07, 6.45) is 6.07. The minimum atomic E-state index is -3.78. The highest BCUT2D eigenvalue weighted by atomic mass is 32.2. The van der Waals surface area contributed by atoms with Gasteiger partial charge in [-0.2, -0.15) is 0 Å². The van der Waals surface area contributed by atoms with E-state index in [-0.39, 0.29) is 9.79 Å². The molecule has 0 bridgehead atoms. The molecule has 1 atom stereocenters. The number of benzene rings is 2. The van der Waals surface area contributed by atoms with Crippen LogP contribution in [0.3, 0.4) is 0 Å². The van der Waals surface area contributed by atoms with Crippen LogP contribution in [0.4, 0.5) is 0 Å². The van der Waals surface area contributed by atoms with Crippen molar-refractivity contribution in [2.75, 3.05) is 0 Å². The lowest BCUT2D eigenvalue weighted by atomic mass is 9.84. The van der Waals surface area contributed by atoms with Gasteiger partial charge in [0.2, 0.25) is 20.0 Å². The Hall–Kier alpha value is -1.74. The van der Waals surface area contributed by atoms with Crippen LogP contribution in [-0.2, 0) is 20.0 Å². The first kappa shape index (κ1) is 21.0. The number of sulfonamides is 2. The van der Waals surface area contributed by atoms with E-state index >= 15 is 0 Å². The molecule has 0 saturated heterocycles. The lowest BCUT2D eigenvalue weighted by molar-refractivity contribution is 0.443. The molecule has 1 aliphatic rings. The molecule has 6 nitrogen and oxygen atoms in total. The zero-order valence-electron chi connectivity index (χ0n) is 15.8. The minimum absolute atomic E-state index is 0.00962. The molecule has 0 heterocycles. The summed E-state index contributed by atoms with van der Waals surface area (Å²) in [6, 6.07) is 12.5. The van der Waals surface area contributed by atoms with Crippen molar-refractivity contribution in [3.63, 3.8) is 0 Å². The number of rotatable bonds is 6. The topological polar surface area (TPSA) is 106 Å². The van der Waals surface area contributed by atoms with Crippen molar-refractivity contribution in [3.8, 4) is 0 Å². The molecule has 1 fully saturated rings. The first-order valence-electron chi connectivity index (χ1n) is 9.42. The van der Waals surface area contributed by atoms with Gasteiger partial charge in [0, 0.05) is 6.04 Å². The molecule has 28 heavy (non-hydrogen) atoms. The van der Waals surface area contributed by atoms with Gasteiger partial charge in [-0.25, -0.2) is 26.7 Å². The molecule has 0 unspecified atom stereocenters. The Balaban J connectivity index is 1.72. The monoisotopic (exact) mass is 422 g/mol. The fraction of sp³-hybridized carbons (Fsp3) is 0.400. The molecule has 0 aromatic heterocycles. The molecule has 0 amide bonds. The van der Waals surface area contributed by atoms with Crippen molar-refractivity contribution in [2.24, 2.45) is 5.14 Å². The van der Waals surface area contributed by atoms with Crippen molar-refractivity contribution >= 4 is 20.0 Å². The van der Waals surface area contributed by atoms with Crippen LogP contribution >= 0.6 is 0 Å². The van der Waals surface area contributed by atoms with Crippen LogP contribution < -0.4 is 9.86 Å². The molecule has 3 rings (SSSR count). The quantitative estimate of drug-likeness (QED) is 0.744. The van der Waals surface area contributed by atoms with Crippen molar-refractivity contribution in [1.29, 1.82) is 0 Å². The van der Waals surface area contributed by atoms with Crippen LogP contribution in [0.2, 0.25) is 0 Å². The maximum Gasteiger partial charge on any atom is 0.241 e. The maximum absolute atomic E-state index is 12.7. The number of nitrogens with one attached hydrogen (secondary N) is 1. The highest BCUT2D eigenvalue weighted by Crippen LogP contribution is 2.33. The van der Waals surface area contributed by atoms with E-state index in [9.17, 15) is 16.8 Å². The van der Waals surface area contributed by atoms with Crippen molar-refractivity contribution < 1.29 is 16.8 Å². The Bertz CT molecular complexity index is 1010. The summed E-state index contributed by atoms with van der Waals surface area (Å²) < 4.78 is 50.7. The summed E-state index contributed by atoms with van der Waals surface area (Å²) >= 11 is 0. The van der Waals surface area contributed by atoms with E-state index in [1.165, 1.54) is 37.0 Å². The van der Waals surface area contributed by atoms with Gasteiger partial charge in [-0.05, 0) is 61.1 Å². The number of hydrogen-bond acceptors (Lipinski definition) is 4. The second kappa shape index (κ2) is 8.32. The predicted molar refractivity (Wildman–Crippen MR) is 109 cm³/mol. The van der Waals surface area contributed by atoms with Gasteiger partial charge in [-0.15, -0.1) is 0 Å². The predicted octanol–water partition coefficient (Wildman–Crippen LogP) is 3.42. The second-order valence-corrected chi connectivity index (χ2v) is 10.6. The molecule has 152 valence electrons. The average molecular weight is 423 g/mol. The van der Waals surface area contributed by atoms with Crippen molar-refractivity contribution in [3.05, 3.63) is 59.7 Å². The van der Waals surface area contributed by atoms with Gasteiger partial charge in [-0.1, -0.05) is 43.5 Å². The fourth-order valence-electron chi connectivity index (χ4n) is 3.67. The highest BCUT2D eigenvalue weighted by Gasteiger charge is 2.20. The molecule has 1 saturated carbocycles. The van der Waals surface area contributed by atoms with Crippen LogP contribution in [0.25, 0.3) is 0 Å². The van der Waals surface area contributed by atoms with Crippen LogP contribution in [0.1, 0.15) is 62.1 Å². The molecule has 0 spiro atoms. The van der Waals surface area contributed by atoms with Crippen LogP contribution in [-0.4, -0.2) is 16.8 Å². The minimum Gasteiger partial charge on any atom is -0.225 e. The van der Waals surface area contributed by atoms with Gasteiger partial charge in [0.25, 0.3) is 0 Å². The summed E-state index contributed by atoms with van der Waals surface area (Å²) in [5, 5.41) is 5.09. The Morgan fingerprint density at radius 1 is 0.857 bits per heavy atom. The van der Waals surface area contributed by atoms with E-state index in [0.29, 0.717) is 11.5 Å². The first-order chi connectivity index (χ1) is 13.2. The fourth-order valence-corrected chi connectivity index (χ4v) is 5.42. The molecule has 0 radical (unpaired) electrons. The van der Waals surface area contributed by atoms with E-state index in [1.807, 2.05) is 12.1 Å². The summed E-state index contributed by atoms with van der Waals surface area (Å²) in [7, 11) is -7.46. The largest absolute Gasteiger partial charge is 0.241 e. The highest BCUT2D eigenvalue weighted by molar-refractivity contribution is 7.89. The average Bonchev–Trinajstić information content (AvgIpc) is 2.68. The smallest absolute Gasteiger partial charge is 0.225 e. The van der Waals surface area contributed by atoms with Crippen LogP contribution in [0, 0.1) is 0 Å². The lowest BCUT2D eigenvalue weighted by Crippen LogP contribution is -2.27. The number of primary sulfonamides is 1. The Morgan fingerprint density at radius 3 is 1.93 bits per heavy atom. The third kappa shape index (κ3) is 5.00. The van der Waals surface area contributed by atoms with E-state index in [2.05, 4.69) is 4.72 Å². The van der Waals surface area contributed by atoms with E-state index < -0.39 is 26.1 Å².